The molecule has 0 fully saturated rings. The first-order valence-electron chi connectivity index (χ1n) is 37.9. The van der Waals surface area contributed by atoms with Gasteiger partial charge in [0.05, 0.1) is 22.7 Å². The van der Waals surface area contributed by atoms with Crippen molar-refractivity contribution in [3.63, 3.8) is 0 Å². The van der Waals surface area contributed by atoms with Crippen LogP contribution in [0.25, 0.3) is 66.7 Å². The molecule has 5 aromatic heterocycles. The number of rotatable bonds is 0. The minimum Gasteiger partial charge on any atom is -0.454 e. The lowest BCUT2D eigenvalue weighted by atomic mass is 9.83. The van der Waals surface area contributed by atoms with Crippen molar-refractivity contribution in [3.05, 3.63) is 292 Å². The molecule has 13 aromatic rings. The Balaban J connectivity index is 0.000000140. The molecule has 16 rings (SSSR count). The van der Waals surface area contributed by atoms with Crippen LogP contribution in [0.15, 0.2) is 225 Å². The highest BCUT2D eigenvalue weighted by molar-refractivity contribution is 5.85. The van der Waals surface area contributed by atoms with E-state index in [4.69, 9.17) is 9.47 Å². The van der Waals surface area contributed by atoms with E-state index in [1.54, 1.807) is 0 Å². The van der Waals surface area contributed by atoms with Crippen molar-refractivity contribution in [3.8, 4) is 11.5 Å². The fourth-order valence-electron chi connectivity index (χ4n) is 12.8. The van der Waals surface area contributed by atoms with Crippen molar-refractivity contribution >= 4 is 66.7 Å². The van der Waals surface area contributed by atoms with Crippen LogP contribution in [0, 0.1) is 0 Å². The van der Waals surface area contributed by atoms with E-state index in [1.165, 1.54) is 99.2 Å². The highest BCUT2D eigenvalue weighted by Gasteiger charge is 2.24. The zero-order valence-electron chi connectivity index (χ0n) is 68.3. The predicted octanol–water partition coefficient (Wildman–Crippen LogP) is 26.7. The first kappa shape index (κ1) is 80.3. The summed E-state index contributed by atoms with van der Waals surface area (Å²) in [5, 5.41) is 13.2. The smallest absolute Gasteiger partial charge is 0.231 e. The molecule has 0 radical (unpaired) electrons. The number of allylic oxidation sites excluding steroid dienone is 2. The number of nitrogens with one attached hydrogen (secondary N) is 3. The molecule has 1 aliphatic heterocycles. The molecule has 0 saturated heterocycles. The molecular formula is C98H120N6O2. The maximum absolute atomic E-state index is 5.31. The van der Waals surface area contributed by atoms with E-state index >= 15 is 0 Å². The summed E-state index contributed by atoms with van der Waals surface area (Å²) in [7, 11) is 0. The van der Waals surface area contributed by atoms with Gasteiger partial charge >= 0.3 is 0 Å². The lowest BCUT2D eigenvalue weighted by Crippen LogP contribution is -2.13. The molecular weight excluding hydrogens is 1290 g/mol. The number of pyridine rings is 2. The largest absolute Gasteiger partial charge is 0.454 e. The molecule has 554 valence electrons. The zero-order valence-corrected chi connectivity index (χ0v) is 68.3. The van der Waals surface area contributed by atoms with Gasteiger partial charge < -0.3 is 19.4 Å². The number of hydrogen-bond donors (Lipinski definition) is 3. The second-order valence-corrected chi connectivity index (χ2v) is 36.5. The Morgan fingerprint density at radius 1 is 0.358 bits per heavy atom. The standard InChI is InChI=1S/2C13H15N.2C13H16.2C12H15N.C11H14N2.C11H14O2/c1-13(2,3)11-8-4-6-10-7-5-9-14-12(10)11;1-13(2,3)12-9-8-10-6-4-5-7-11(10)14-12;1-13(2,3)12-9-5-7-10-6-4-8-11(10)12;1-13(2,3)12-8-7-10-5-4-6-11(10)9-12;1-12(2,3)10-5-4-9-6-7-13-11(9)8-10;1-12(2,3)10-6-4-5-9-7-8-13-11(9)10;1-11(2,3)9-5-4-8-7-12-13-10(8)6-9;1-11(2,3)8-4-5-9-10(6-8)13-7-12-9/h2*4-9H,1-3H3;4-5,7-9H,6H2,1-3H3;4,6-9H,5H2,1-3H3;2*4-8,13H,1-3H3;4-7H,1-3H3,(H,12,13);4-6H,7H2,1-3H3. The topological polar surface area (TPSA) is 104 Å². The number of hydrogen-bond acceptors (Lipinski definition) is 5. The Kier molecular flexibility index (Phi) is 24.9. The predicted molar refractivity (Wildman–Crippen MR) is 457 cm³/mol. The van der Waals surface area contributed by atoms with Crippen molar-refractivity contribution in [2.75, 3.05) is 6.79 Å². The van der Waals surface area contributed by atoms with Gasteiger partial charge in [0, 0.05) is 56.9 Å². The van der Waals surface area contributed by atoms with E-state index in [2.05, 4.69) is 384 Å². The van der Waals surface area contributed by atoms with Gasteiger partial charge in [-0.1, -0.05) is 324 Å². The van der Waals surface area contributed by atoms with Gasteiger partial charge in [0.2, 0.25) is 6.79 Å². The summed E-state index contributed by atoms with van der Waals surface area (Å²) in [5.41, 5.74) is 24.0. The van der Waals surface area contributed by atoms with Crippen LogP contribution in [0.3, 0.4) is 0 Å². The van der Waals surface area contributed by atoms with Crippen LogP contribution in [-0.2, 0) is 56.2 Å². The van der Waals surface area contributed by atoms with Crippen LogP contribution in [0.1, 0.15) is 233 Å². The number of aromatic amines is 3. The summed E-state index contributed by atoms with van der Waals surface area (Å²) in [4.78, 5) is 15.6. The molecule has 0 bridgehead atoms. The first-order chi connectivity index (χ1) is 49.6. The van der Waals surface area contributed by atoms with Gasteiger partial charge in [0.25, 0.3) is 0 Å². The minimum atomic E-state index is 0.129. The van der Waals surface area contributed by atoms with Gasteiger partial charge in [-0.05, 0) is 177 Å². The van der Waals surface area contributed by atoms with Crippen LogP contribution >= 0.6 is 0 Å². The third-order valence-corrected chi connectivity index (χ3v) is 19.4. The molecule has 0 amide bonds. The molecule has 3 aliphatic rings. The van der Waals surface area contributed by atoms with E-state index in [0.717, 1.165) is 46.6 Å². The zero-order chi connectivity index (χ0) is 77.2. The number of para-hydroxylation sites is 3. The third-order valence-electron chi connectivity index (χ3n) is 19.4. The van der Waals surface area contributed by atoms with Crippen LogP contribution in [0.5, 0.6) is 11.5 Å². The average Bonchev–Trinajstić information content (AvgIpc) is 1.80. The van der Waals surface area contributed by atoms with Crippen molar-refractivity contribution in [2.24, 2.45) is 0 Å². The molecule has 6 heterocycles. The second kappa shape index (κ2) is 32.9. The fraction of sp³-hybridized carbons (Fsp3) is 0.357. The highest BCUT2D eigenvalue weighted by atomic mass is 16.7. The van der Waals surface area contributed by atoms with Crippen molar-refractivity contribution in [1.82, 2.24) is 30.1 Å². The number of fused-ring (bicyclic) bond motifs is 8. The van der Waals surface area contributed by atoms with E-state index in [1.807, 2.05) is 49.1 Å². The molecule has 8 aromatic carbocycles. The minimum absolute atomic E-state index is 0.129. The number of benzene rings is 8. The summed E-state index contributed by atoms with van der Waals surface area (Å²) in [5.74, 6) is 1.72. The fourth-order valence-corrected chi connectivity index (χ4v) is 12.8. The van der Waals surface area contributed by atoms with Crippen molar-refractivity contribution < 1.29 is 9.47 Å². The molecule has 0 saturated carbocycles. The molecule has 106 heavy (non-hydrogen) atoms. The normalized spacial score (nSPS) is 13.1. The number of H-pyrrole nitrogens is 3. The summed E-state index contributed by atoms with van der Waals surface area (Å²) >= 11 is 0. The monoisotopic (exact) mass is 1410 g/mol. The van der Waals surface area contributed by atoms with Crippen LogP contribution < -0.4 is 9.47 Å². The van der Waals surface area contributed by atoms with E-state index in [-0.39, 0.29) is 43.3 Å². The average molecular weight is 1410 g/mol. The van der Waals surface area contributed by atoms with Crippen LogP contribution in [-0.4, -0.2) is 36.9 Å². The van der Waals surface area contributed by atoms with Gasteiger partial charge in [0.1, 0.15) is 0 Å². The SMILES string of the molecule is CC(C)(C)c1ccc2c(c1)C=CC2.CC(C)(C)c1ccc2c(c1)OCO2.CC(C)(C)c1ccc2cc[nH]c2c1.CC(C)(C)c1ccc2ccccc2n1.CC(C)(C)c1ccc2cn[nH]c2c1.CC(C)(C)c1cccc2c1C=CC2.CC(C)(C)c1cccc2cc[nH]c12.CC(C)(C)c1cccc2cccnc12. The molecule has 0 spiro atoms. The molecule has 8 nitrogen and oxygen atoms in total. The van der Waals surface area contributed by atoms with E-state index < -0.39 is 0 Å². The molecule has 0 unspecified atom stereocenters. The number of aromatic nitrogens is 6. The van der Waals surface area contributed by atoms with Crippen LogP contribution in [0.4, 0.5) is 0 Å². The van der Waals surface area contributed by atoms with Gasteiger partial charge in [0.15, 0.2) is 11.5 Å². The Morgan fingerprint density at radius 2 is 0.877 bits per heavy atom. The summed E-state index contributed by atoms with van der Waals surface area (Å²) in [6.07, 6.45) is 18.9. The summed E-state index contributed by atoms with van der Waals surface area (Å²) < 4.78 is 10.6. The van der Waals surface area contributed by atoms with E-state index in [9.17, 15) is 0 Å². The molecule has 8 heteroatoms. The van der Waals surface area contributed by atoms with Crippen molar-refractivity contribution in [1.29, 1.82) is 0 Å². The van der Waals surface area contributed by atoms with Gasteiger partial charge in [-0.2, -0.15) is 5.10 Å². The molecule has 0 atom stereocenters. The molecule has 2 aliphatic carbocycles. The molecule has 3 N–H and O–H groups in total. The third kappa shape index (κ3) is 21.5. The lowest BCUT2D eigenvalue weighted by molar-refractivity contribution is 0.174. The number of nitrogens with zero attached hydrogens (tertiary/aromatic N) is 3. The first-order valence-corrected chi connectivity index (χ1v) is 37.9. The maximum atomic E-state index is 5.31. The Morgan fingerprint density at radius 3 is 1.55 bits per heavy atom. The van der Waals surface area contributed by atoms with Gasteiger partial charge in [-0.3, -0.25) is 15.1 Å². The quantitative estimate of drug-likeness (QED) is 0.140. The Hall–Kier alpha value is -9.79. The highest BCUT2D eigenvalue weighted by Crippen LogP contribution is 2.38. The number of ether oxygens (including phenoxy) is 2. The summed E-state index contributed by atoms with van der Waals surface area (Å²) in [6.45, 7) is 53.8. The second-order valence-electron chi connectivity index (χ2n) is 36.5. The van der Waals surface area contributed by atoms with Crippen molar-refractivity contribution in [2.45, 2.75) is 222 Å². The van der Waals surface area contributed by atoms with Gasteiger partial charge in [-0.15, -0.1) is 0 Å². The van der Waals surface area contributed by atoms with Gasteiger partial charge in [-0.25, -0.2) is 0 Å². The maximum Gasteiger partial charge on any atom is 0.231 e. The Labute approximate surface area is 635 Å². The lowest BCUT2D eigenvalue weighted by Gasteiger charge is -2.22. The van der Waals surface area contributed by atoms with Crippen LogP contribution in [0.2, 0.25) is 0 Å². The Bertz CT molecular complexity index is 5020. The van der Waals surface area contributed by atoms with E-state index in [0.29, 0.717) is 6.79 Å². The summed E-state index contributed by atoms with van der Waals surface area (Å²) in [6, 6.07) is 66.3.